The normalized spacial score (nSPS) is 16.9. The first-order valence-corrected chi connectivity index (χ1v) is 7.30. The molecule has 0 saturated heterocycles. The van der Waals surface area contributed by atoms with Crippen LogP contribution in [0.5, 0.6) is 0 Å². The summed E-state index contributed by atoms with van der Waals surface area (Å²) in [6, 6.07) is 4.30. The van der Waals surface area contributed by atoms with Crippen LogP contribution in [-0.4, -0.2) is 24.8 Å². The molecule has 0 amide bonds. The van der Waals surface area contributed by atoms with E-state index in [9.17, 15) is 23.3 Å². The van der Waals surface area contributed by atoms with Gasteiger partial charge in [-0.3, -0.25) is 14.9 Å². The predicted octanol–water partition coefficient (Wildman–Crippen LogP) is 1.99. The van der Waals surface area contributed by atoms with Gasteiger partial charge in [0.15, 0.2) is 5.78 Å². The zero-order valence-electron chi connectivity index (χ0n) is 10.3. The fourth-order valence-corrected chi connectivity index (χ4v) is 2.63. The Morgan fingerprint density at radius 3 is 2.29 bits per heavy atom. The number of hydrogen-bond donors (Lipinski definition) is 0. The molecule has 9 heteroatoms. The molecule has 7 nitrogen and oxygen atoms in total. The Morgan fingerprint density at radius 1 is 1.14 bits per heavy atom. The van der Waals surface area contributed by atoms with Crippen LogP contribution >= 0.6 is 11.6 Å². The molecule has 1 aromatic carbocycles. The number of nitrogens with zero attached hydrogens (tertiary/aromatic N) is 2. The maximum absolute atomic E-state index is 12.0. The van der Waals surface area contributed by atoms with Gasteiger partial charge in [-0.2, -0.15) is 12.8 Å². The van der Waals surface area contributed by atoms with Crippen LogP contribution in [0.1, 0.15) is 0 Å². The number of carbonyl (C=O) groups is 1. The molecule has 0 aliphatic heterocycles. The molecular weight excluding hydrogens is 320 g/mol. The lowest BCUT2D eigenvalue weighted by Crippen LogP contribution is -2.07. The van der Waals surface area contributed by atoms with Gasteiger partial charge < -0.3 is 0 Å². The van der Waals surface area contributed by atoms with E-state index >= 15 is 0 Å². The van der Waals surface area contributed by atoms with Gasteiger partial charge in [0.05, 0.1) is 20.6 Å². The van der Waals surface area contributed by atoms with Gasteiger partial charge in [-0.1, -0.05) is 11.6 Å². The first kappa shape index (κ1) is 15.1. The largest absolute Gasteiger partial charge is 0.288 e. The van der Waals surface area contributed by atoms with Crippen LogP contribution in [0.4, 0.5) is 5.69 Å². The highest BCUT2D eigenvalue weighted by Gasteiger charge is 2.17. The van der Waals surface area contributed by atoms with E-state index in [1.165, 1.54) is 6.08 Å². The molecule has 108 valence electrons. The van der Waals surface area contributed by atoms with Crippen LogP contribution in [0.3, 0.4) is 0 Å². The van der Waals surface area contributed by atoms with Crippen LogP contribution < -0.4 is 0 Å². The molecular formula is C12H7ClN2O5S. The van der Waals surface area contributed by atoms with Gasteiger partial charge in [0.2, 0.25) is 0 Å². The number of nitro benzene ring substituents is 1. The van der Waals surface area contributed by atoms with Crippen LogP contribution in [0.15, 0.2) is 56.8 Å². The first-order valence-electron chi connectivity index (χ1n) is 5.48. The fourth-order valence-electron chi connectivity index (χ4n) is 1.48. The molecule has 0 aromatic heterocycles. The average Bonchev–Trinajstić information content (AvgIpc) is 2.43. The number of ketones is 1. The summed E-state index contributed by atoms with van der Waals surface area (Å²) in [4.78, 5) is 20.8. The van der Waals surface area contributed by atoms with Gasteiger partial charge >= 0.3 is 0 Å². The van der Waals surface area contributed by atoms with Crippen molar-refractivity contribution in [2.45, 2.75) is 4.90 Å². The number of benzene rings is 1. The molecule has 0 saturated carbocycles. The number of halogens is 1. The van der Waals surface area contributed by atoms with Crippen molar-refractivity contribution in [2.75, 3.05) is 0 Å². The number of allylic oxidation sites excluding steroid dienone is 4. The second-order valence-corrected chi connectivity index (χ2v) is 5.94. The van der Waals surface area contributed by atoms with Gasteiger partial charge in [0, 0.05) is 12.1 Å². The Kier molecular flexibility index (Phi) is 4.01. The third-order valence-electron chi connectivity index (χ3n) is 2.49. The Labute approximate surface area is 124 Å². The number of sulfonamides is 1. The van der Waals surface area contributed by atoms with E-state index in [0.29, 0.717) is 0 Å². The zero-order valence-corrected chi connectivity index (χ0v) is 11.8. The third kappa shape index (κ3) is 3.41. The lowest BCUT2D eigenvalue weighted by Gasteiger charge is -2.03. The minimum absolute atomic E-state index is 0.00190. The Balaban J connectivity index is 2.37. The van der Waals surface area contributed by atoms with Crippen molar-refractivity contribution in [1.82, 2.24) is 0 Å². The number of hydrogen-bond acceptors (Lipinski definition) is 5. The lowest BCUT2D eigenvalue weighted by atomic mass is 10.2. The van der Waals surface area contributed by atoms with Crippen molar-refractivity contribution in [3.8, 4) is 0 Å². The summed E-state index contributed by atoms with van der Waals surface area (Å²) in [5.41, 5.74) is -0.231. The van der Waals surface area contributed by atoms with E-state index < -0.39 is 20.7 Å². The molecule has 0 atom stereocenters. The minimum Gasteiger partial charge on any atom is -0.288 e. The molecule has 0 radical (unpaired) electrons. The second kappa shape index (κ2) is 5.58. The summed E-state index contributed by atoms with van der Waals surface area (Å²) in [6.45, 7) is 0. The van der Waals surface area contributed by atoms with E-state index in [2.05, 4.69) is 4.40 Å². The number of rotatable bonds is 3. The molecule has 21 heavy (non-hydrogen) atoms. The van der Waals surface area contributed by atoms with E-state index in [0.717, 1.165) is 36.4 Å². The summed E-state index contributed by atoms with van der Waals surface area (Å²) < 4.78 is 27.6. The van der Waals surface area contributed by atoms with Gasteiger partial charge in [-0.05, 0) is 30.4 Å². The summed E-state index contributed by atoms with van der Waals surface area (Å²) in [7, 11) is -4.04. The molecule has 1 aliphatic carbocycles. The van der Waals surface area contributed by atoms with Crippen molar-refractivity contribution in [1.29, 1.82) is 0 Å². The SMILES string of the molecule is O=C1C=CC(=NS(=O)(=O)c2ccc([N+](=O)[O-])cc2)C=C1Cl. The Morgan fingerprint density at radius 2 is 1.76 bits per heavy atom. The molecule has 0 bridgehead atoms. The smallest absolute Gasteiger partial charge is 0.282 e. The van der Waals surface area contributed by atoms with Crippen LogP contribution in [0.2, 0.25) is 0 Å². The molecule has 0 N–H and O–H groups in total. The molecule has 0 heterocycles. The number of carbonyl (C=O) groups excluding carboxylic acids is 1. The highest BCUT2D eigenvalue weighted by molar-refractivity contribution is 7.90. The maximum atomic E-state index is 12.0. The van der Waals surface area contributed by atoms with Crippen LogP contribution in [0, 0.1) is 10.1 Å². The van der Waals surface area contributed by atoms with Gasteiger partial charge in [0.25, 0.3) is 15.7 Å². The molecule has 1 aliphatic rings. The highest BCUT2D eigenvalue weighted by atomic mass is 35.5. The maximum Gasteiger partial charge on any atom is 0.282 e. The Bertz CT molecular complexity index is 807. The van der Waals surface area contributed by atoms with E-state index in [1.807, 2.05) is 0 Å². The Hall–Kier alpha value is -2.32. The first-order chi connectivity index (χ1) is 9.79. The van der Waals surface area contributed by atoms with Crippen molar-refractivity contribution >= 4 is 38.8 Å². The molecule has 0 spiro atoms. The van der Waals surface area contributed by atoms with E-state index in [-0.39, 0.29) is 21.3 Å². The van der Waals surface area contributed by atoms with Crippen molar-refractivity contribution in [3.05, 3.63) is 57.6 Å². The third-order valence-corrected chi connectivity index (χ3v) is 4.10. The highest BCUT2D eigenvalue weighted by Crippen LogP contribution is 2.19. The second-order valence-electron chi connectivity index (χ2n) is 3.93. The summed E-state index contributed by atoms with van der Waals surface area (Å²) in [5.74, 6) is -0.441. The van der Waals surface area contributed by atoms with Crippen molar-refractivity contribution in [3.63, 3.8) is 0 Å². The molecule has 1 aromatic rings. The van der Waals surface area contributed by atoms with Crippen LogP contribution in [0.25, 0.3) is 0 Å². The molecule has 2 rings (SSSR count). The quantitative estimate of drug-likeness (QED) is 0.479. The minimum atomic E-state index is -4.04. The van der Waals surface area contributed by atoms with Crippen LogP contribution in [-0.2, 0) is 14.8 Å². The standard InChI is InChI=1S/C12H7ClN2O5S/c13-11-7-8(1-6-12(11)16)14-21(19,20)10-4-2-9(3-5-10)15(17)18/h1-7H. The summed E-state index contributed by atoms with van der Waals surface area (Å²) in [6.07, 6.45) is 3.45. The van der Waals surface area contributed by atoms with E-state index in [1.54, 1.807) is 0 Å². The predicted molar refractivity (Wildman–Crippen MR) is 75.8 cm³/mol. The number of non-ortho nitro benzene ring substituents is 1. The monoisotopic (exact) mass is 326 g/mol. The lowest BCUT2D eigenvalue weighted by molar-refractivity contribution is -0.384. The molecule has 0 fully saturated rings. The average molecular weight is 327 g/mol. The van der Waals surface area contributed by atoms with Gasteiger partial charge in [-0.25, -0.2) is 0 Å². The topological polar surface area (TPSA) is 107 Å². The molecule has 0 unspecified atom stereocenters. The number of nitro groups is 1. The summed E-state index contributed by atoms with van der Waals surface area (Å²) in [5, 5.41) is 10.4. The summed E-state index contributed by atoms with van der Waals surface area (Å²) >= 11 is 5.60. The van der Waals surface area contributed by atoms with Crippen molar-refractivity contribution < 1.29 is 18.1 Å². The fraction of sp³-hybridized carbons (Fsp3) is 0. The van der Waals surface area contributed by atoms with Gasteiger partial charge in [0.1, 0.15) is 0 Å². The van der Waals surface area contributed by atoms with Crippen molar-refractivity contribution in [2.24, 2.45) is 4.40 Å². The van der Waals surface area contributed by atoms with E-state index in [4.69, 9.17) is 11.6 Å². The van der Waals surface area contributed by atoms with Gasteiger partial charge in [-0.15, -0.1) is 0 Å². The zero-order chi connectivity index (χ0) is 15.6.